The normalized spacial score (nSPS) is 13.0. The van der Waals surface area contributed by atoms with E-state index >= 15 is 0 Å². The molecule has 0 aromatic carbocycles. The molecule has 0 aromatic rings. The lowest BCUT2D eigenvalue weighted by molar-refractivity contribution is -0.171. The van der Waals surface area contributed by atoms with Crippen LogP contribution in [0.2, 0.25) is 0 Å². The Bertz CT molecular complexity index is 484. The van der Waals surface area contributed by atoms with Crippen molar-refractivity contribution in [3.05, 3.63) is 0 Å². The molecule has 0 radical (unpaired) electrons. The molecule has 1 aliphatic heterocycles. The third-order valence-corrected chi connectivity index (χ3v) is 3.09. The number of amides is 3. The van der Waals surface area contributed by atoms with Crippen LogP contribution in [-0.2, 0) is 33.4 Å². The predicted molar refractivity (Wildman–Crippen MR) is 87.6 cm³/mol. The minimum atomic E-state index is -0.522. The lowest BCUT2D eigenvalue weighted by Crippen LogP contribution is -2.40. The molecule has 1 rings (SSSR count). The second-order valence-electron chi connectivity index (χ2n) is 5.21. The zero-order chi connectivity index (χ0) is 20.1. The number of imide groups is 1. The van der Waals surface area contributed by atoms with Gasteiger partial charge in [0.05, 0.1) is 13.2 Å². The van der Waals surface area contributed by atoms with Crippen LogP contribution in [0, 0.1) is 0 Å². The first kappa shape index (κ1) is 23.5. The molecule has 1 heterocycles. The molecule has 148 valence electrons. The van der Waals surface area contributed by atoms with Crippen LogP contribution in [-0.4, -0.2) is 71.1 Å². The maximum atomic E-state index is 11.7. The van der Waals surface area contributed by atoms with E-state index in [0.717, 1.165) is 0 Å². The Morgan fingerprint density at radius 2 is 1.38 bits per heavy atom. The van der Waals surface area contributed by atoms with Gasteiger partial charge in [-0.05, 0) is 20.3 Å². The number of nitrogens with zero attached hydrogens (tertiary/aromatic N) is 2. The molecule has 0 aliphatic carbocycles. The second-order valence-corrected chi connectivity index (χ2v) is 5.21. The van der Waals surface area contributed by atoms with Gasteiger partial charge in [-0.1, -0.05) is 6.92 Å². The molecular weight excluding hydrogens is 348 g/mol. The summed E-state index contributed by atoms with van der Waals surface area (Å²) in [4.78, 5) is 56.0. The Kier molecular flexibility index (Phi) is 11.6. The van der Waals surface area contributed by atoms with Crippen molar-refractivity contribution in [3.63, 3.8) is 0 Å². The summed E-state index contributed by atoms with van der Waals surface area (Å²) in [6.45, 7) is 5.27. The maximum Gasteiger partial charge on any atom is 0.325 e. The van der Waals surface area contributed by atoms with Gasteiger partial charge < -0.3 is 14.4 Å². The van der Waals surface area contributed by atoms with Crippen molar-refractivity contribution in [3.8, 4) is 0 Å². The molecule has 0 saturated carbocycles. The Labute approximate surface area is 152 Å². The number of hydroxylamine groups is 2. The third-order valence-electron chi connectivity index (χ3n) is 3.09. The Balaban J connectivity index is 0.000000642. The van der Waals surface area contributed by atoms with Crippen molar-refractivity contribution in [1.82, 2.24) is 9.96 Å². The SMILES string of the molecule is CCCC(=O)N(CC(=O)OCC)CC(=O)OCC.O=C1CCC(=O)N1O. The quantitative estimate of drug-likeness (QED) is 0.364. The molecule has 0 bridgehead atoms. The Morgan fingerprint density at radius 1 is 0.962 bits per heavy atom. The predicted octanol–water partition coefficient (Wildman–Crippen LogP) is 0.266. The highest BCUT2D eigenvalue weighted by molar-refractivity contribution is 6.00. The summed E-state index contributed by atoms with van der Waals surface area (Å²) in [6.07, 6.45) is 1.24. The van der Waals surface area contributed by atoms with Gasteiger partial charge >= 0.3 is 11.9 Å². The van der Waals surface area contributed by atoms with Crippen LogP contribution in [0.5, 0.6) is 0 Å². The molecule has 10 heteroatoms. The summed E-state index contributed by atoms with van der Waals surface area (Å²) >= 11 is 0. The molecular formula is C16H26N2O8. The lowest BCUT2D eigenvalue weighted by atomic mass is 10.3. The highest BCUT2D eigenvalue weighted by Gasteiger charge is 2.26. The molecule has 0 aromatic heterocycles. The molecule has 0 unspecified atom stereocenters. The van der Waals surface area contributed by atoms with Crippen molar-refractivity contribution in [1.29, 1.82) is 0 Å². The van der Waals surface area contributed by atoms with Gasteiger partial charge in [-0.2, -0.15) is 5.06 Å². The topological polar surface area (TPSA) is 131 Å². The van der Waals surface area contributed by atoms with Crippen molar-refractivity contribution in [2.75, 3.05) is 26.3 Å². The Morgan fingerprint density at radius 3 is 1.65 bits per heavy atom. The van der Waals surface area contributed by atoms with E-state index in [-0.39, 0.29) is 50.1 Å². The molecule has 1 N–H and O–H groups in total. The number of carbonyl (C=O) groups is 5. The van der Waals surface area contributed by atoms with Gasteiger partial charge in [0.15, 0.2) is 0 Å². The van der Waals surface area contributed by atoms with Gasteiger partial charge in [0, 0.05) is 19.3 Å². The van der Waals surface area contributed by atoms with Crippen LogP contribution in [0.4, 0.5) is 0 Å². The standard InChI is InChI=1S/C12H21NO5.C4H5NO3/c1-4-7-10(14)13(8-11(15)17-5-2)9-12(16)18-6-3;6-3-1-2-4(7)5(3)8/h4-9H2,1-3H3;8H,1-2H2. The smallest absolute Gasteiger partial charge is 0.325 e. The van der Waals surface area contributed by atoms with E-state index in [1.807, 2.05) is 6.92 Å². The van der Waals surface area contributed by atoms with Gasteiger partial charge in [-0.3, -0.25) is 29.2 Å². The number of esters is 2. The van der Waals surface area contributed by atoms with E-state index < -0.39 is 23.8 Å². The van der Waals surface area contributed by atoms with E-state index in [9.17, 15) is 24.0 Å². The molecule has 0 spiro atoms. The van der Waals surface area contributed by atoms with Gasteiger partial charge in [0.1, 0.15) is 13.1 Å². The number of rotatable bonds is 8. The van der Waals surface area contributed by atoms with E-state index in [1.165, 1.54) is 4.90 Å². The van der Waals surface area contributed by atoms with Crippen LogP contribution in [0.25, 0.3) is 0 Å². The number of hydrogen-bond acceptors (Lipinski definition) is 8. The van der Waals surface area contributed by atoms with Crippen LogP contribution < -0.4 is 0 Å². The fourth-order valence-electron chi connectivity index (χ4n) is 1.89. The van der Waals surface area contributed by atoms with E-state index in [2.05, 4.69) is 0 Å². The van der Waals surface area contributed by atoms with E-state index in [4.69, 9.17) is 14.7 Å². The van der Waals surface area contributed by atoms with Crippen LogP contribution >= 0.6 is 0 Å². The summed E-state index contributed by atoms with van der Waals surface area (Å²) in [7, 11) is 0. The fourth-order valence-corrected chi connectivity index (χ4v) is 1.89. The highest BCUT2D eigenvalue weighted by Crippen LogP contribution is 2.07. The molecule has 26 heavy (non-hydrogen) atoms. The average molecular weight is 374 g/mol. The minimum absolute atomic E-state index is 0.148. The largest absolute Gasteiger partial charge is 0.465 e. The number of ether oxygens (including phenoxy) is 2. The molecule has 3 amide bonds. The molecule has 0 atom stereocenters. The van der Waals surface area contributed by atoms with Crippen molar-refractivity contribution in [2.24, 2.45) is 0 Å². The van der Waals surface area contributed by atoms with Gasteiger partial charge in [0.2, 0.25) is 5.91 Å². The van der Waals surface area contributed by atoms with Crippen LogP contribution in [0.15, 0.2) is 0 Å². The molecule has 10 nitrogen and oxygen atoms in total. The summed E-state index contributed by atoms with van der Waals surface area (Å²) in [6, 6.07) is 0. The number of hydrogen-bond donors (Lipinski definition) is 1. The molecule has 1 saturated heterocycles. The zero-order valence-corrected chi connectivity index (χ0v) is 15.4. The van der Waals surface area contributed by atoms with Crippen molar-refractivity contribution >= 4 is 29.7 Å². The van der Waals surface area contributed by atoms with E-state index in [1.54, 1.807) is 13.8 Å². The maximum absolute atomic E-state index is 11.7. The van der Waals surface area contributed by atoms with Crippen molar-refractivity contribution < 1.29 is 38.7 Å². The van der Waals surface area contributed by atoms with E-state index in [0.29, 0.717) is 12.8 Å². The Hall–Kier alpha value is -2.49. The average Bonchev–Trinajstić information content (AvgIpc) is 2.86. The summed E-state index contributed by atoms with van der Waals surface area (Å²) in [5, 5.41) is 8.57. The highest BCUT2D eigenvalue weighted by atomic mass is 16.5. The fraction of sp³-hybridized carbons (Fsp3) is 0.688. The third kappa shape index (κ3) is 9.11. The first-order valence-corrected chi connectivity index (χ1v) is 8.40. The van der Waals surface area contributed by atoms with Crippen LogP contribution in [0.1, 0.15) is 46.5 Å². The summed E-state index contributed by atoms with van der Waals surface area (Å²) in [5.74, 6) is -2.30. The summed E-state index contributed by atoms with van der Waals surface area (Å²) < 4.78 is 9.51. The first-order chi connectivity index (χ1) is 12.3. The monoisotopic (exact) mass is 374 g/mol. The molecule has 1 aliphatic rings. The lowest BCUT2D eigenvalue weighted by Gasteiger charge is -2.20. The minimum Gasteiger partial charge on any atom is -0.465 e. The summed E-state index contributed by atoms with van der Waals surface area (Å²) in [5.41, 5.74) is 0. The van der Waals surface area contributed by atoms with Gasteiger partial charge in [-0.15, -0.1) is 0 Å². The first-order valence-electron chi connectivity index (χ1n) is 8.40. The zero-order valence-electron chi connectivity index (χ0n) is 15.4. The number of carbonyl (C=O) groups excluding carboxylic acids is 5. The molecule has 1 fully saturated rings. The second kappa shape index (κ2) is 12.8. The van der Waals surface area contributed by atoms with Crippen LogP contribution in [0.3, 0.4) is 0 Å². The van der Waals surface area contributed by atoms with Crippen molar-refractivity contribution in [2.45, 2.75) is 46.5 Å². The van der Waals surface area contributed by atoms with Gasteiger partial charge in [0.25, 0.3) is 11.8 Å². The van der Waals surface area contributed by atoms with Gasteiger partial charge in [-0.25, -0.2) is 0 Å².